The van der Waals surface area contributed by atoms with Crippen LogP contribution < -0.4 is 0 Å². The summed E-state index contributed by atoms with van der Waals surface area (Å²) in [5.41, 5.74) is 1.78. The smallest absolute Gasteiger partial charge is 0.254 e. The molecule has 4 heteroatoms. The molecule has 1 atom stereocenters. The molecule has 1 unspecified atom stereocenters. The first-order chi connectivity index (χ1) is 8.66. The lowest BCUT2D eigenvalue weighted by atomic mass is 10.1. The quantitative estimate of drug-likeness (QED) is 0.824. The van der Waals surface area contributed by atoms with E-state index < -0.39 is 0 Å². The van der Waals surface area contributed by atoms with Crippen LogP contribution in [0.1, 0.15) is 16.8 Å². The molecule has 1 N–H and O–H groups in total. The van der Waals surface area contributed by atoms with E-state index in [0.29, 0.717) is 19.5 Å². The van der Waals surface area contributed by atoms with Gasteiger partial charge in [0.2, 0.25) is 0 Å². The minimum absolute atomic E-state index is 0.0170. The number of carbonyl (C=O) groups excluding carboxylic acids is 1. The van der Waals surface area contributed by atoms with Crippen LogP contribution in [0.2, 0.25) is 0 Å². The molecule has 94 valence electrons. The van der Waals surface area contributed by atoms with E-state index in [9.17, 15) is 9.90 Å². The Morgan fingerprint density at radius 2 is 2.22 bits per heavy atom. The van der Waals surface area contributed by atoms with Gasteiger partial charge < -0.3 is 14.6 Å². The van der Waals surface area contributed by atoms with Crippen molar-refractivity contribution in [2.45, 2.75) is 12.5 Å². The summed E-state index contributed by atoms with van der Waals surface area (Å²) in [6.07, 6.45) is 2.26. The zero-order valence-corrected chi connectivity index (χ0v) is 10.3. The van der Waals surface area contributed by atoms with Crippen LogP contribution in [0.3, 0.4) is 0 Å². The van der Waals surface area contributed by atoms with Gasteiger partial charge in [-0.3, -0.25) is 4.79 Å². The molecule has 1 saturated heterocycles. The lowest BCUT2D eigenvalue weighted by Crippen LogP contribution is -2.29. The first-order valence-electron chi connectivity index (χ1n) is 6.18. The zero-order valence-electron chi connectivity index (χ0n) is 10.3. The maximum Gasteiger partial charge on any atom is 0.254 e. The van der Waals surface area contributed by atoms with E-state index in [2.05, 4.69) is 0 Å². The molecule has 18 heavy (non-hydrogen) atoms. The first kappa shape index (κ1) is 11.3. The number of hydrogen-bond donors (Lipinski definition) is 1. The second kappa shape index (κ2) is 4.14. The summed E-state index contributed by atoms with van der Waals surface area (Å²) < 4.78 is 2.00. The highest BCUT2D eigenvalue weighted by Gasteiger charge is 2.26. The number of aromatic nitrogens is 1. The summed E-state index contributed by atoms with van der Waals surface area (Å²) in [7, 11) is 1.97. The van der Waals surface area contributed by atoms with Crippen molar-refractivity contribution in [2.75, 3.05) is 13.1 Å². The highest BCUT2D eigenvalue weighted by atomic mass is 16.3. The van der Waals surface area contributed by atoms with Gasteiger partial charge in [0.05, 0.1) is 6.10 Å². The van der Waals surface area contributed by atoms with Gasteiger partial charge in [0.1, 0.15) is 0 Å². The average Bonchev–Trinajstić information content (AvgIpc) is 2.96. The number of aryl methyl sites for hydroxylation is 1. The van der Waals surface area contributed by atoms with E-state index in [1.165, 1.54) is 0 Å². The van der Waals surface area contributed by atoms with Crippen molar-refractivity contribution in [3.63, 3.8) is 0 Å². The lowest BCUT2D eigenvalue weighted by Gasteiger charge is -2.16. The molecule has 1 aliphatic heterocycles. The molecule has 0 spiro atoms. The molecule has 0 aliphatic carbocycles. The SMILES string of the molecule is Cn1ccc2c(C(=O)N3CCC(O)C3)cccc21. The van der Waals surface area contributed by atoms with Crippen molar-refractivity contribution < 1.29 is 9.90 Å². The number of benzene rings is 1. The van der Waals surface area contributed by atoms with Crippen molar-refractivity contribution >= 4 is 16.8 Å². The largest absolute Gasteiger partial charge is 0.391 e. The Morgan fingerprint density at radius 3 is 2.94 bits per heavy atom. The summed E-state index contributed by atoms with van der Waals surface area (Å²) in [4.78, 5) is 14.1. The van der Waals surface area contributed by atoms with Gasteiger partial charge in [-0.25, -0.2) is 0 Å². The standard InChI is InChI=1S/C14H16N2O2/c1-15-7-6-11-12(3-2-4-13(11)15)14(18)16-8-5-10(17)9-16/h2-4,6-7,10,17H,5,8-9H2,1H3. The zero-order chi connectivity index (χ0) is 12.7. The Morgan fingerprint density at radius 1 is 1.39 bits per heavy atom. The van der Waals surface area contributed by atoms with Crippen LogP contribution in [-0.2, 0) is 7.05 Å². The fourth-order valence-corrected chi connectivity index (χ4v) is 2.59. The Kier molecular flexibility index (Phi) is 2.59. The van der Waals surface area contributed by atoms with Crippen molar-refractivity contribution in [3.05, 3.63) is 36.0 Å². The molecule has 3 rings (SSSR count). The summed E-state index contributed by atoms with van der Waals surface area (Å²) >= 11 is 0. The molecule has 1 aliphatic rings. The Labute approximate surface area is 105 Å². The monoisotopic (exact) mass is 244 g/mol. The summed E-state index contributed by atoms with van der Waals surface area (Å²) in [5.74, 6) is 0.0170. The Balaban J connectivity index is 2.01. The highest BCUT2D eigenvalue weighted by molar-refractivity contribution is 6.06. The Bertz CT molecular complexity index is 603. The predicted molar refractivity (Wildman–Crippen MR) is 69.4 cm³/mol. The fraction of sp³-hybridized carbons (Fsp3) is 0.357. The van der Waals surface area contributed by atoms with Crippen LogP contribution in [0.4, 0.5) is 0 Å². The number of carbonyl (C=O) groups is 1. The van der Waals surface area contributed by atoms with Crippen molar-refractivity contribution in [1.29, 1.82) is 0 Å². The van der Waals surface area contributed by atoms with Crippen LogP contribution >= 0.6 is 0 Å². The van der Waals surface area contributed by atoms with Gasteiger partial charge in [-0.15, -0.1) is 0 Å². The van der Waals surface area contributed by atoms with Crippen molar-refractivity contribution in [3.8, 4) is 0 Å². The summed E-state index contributed by atoms with van der Waals surface area (Å²) in [6, 6.07) is 7.73. The first-order valence-corrected chi connectivity index (χ1v) is 6.18. The van der Waals surface area contributed by atoms with E-state index in [0.717, 1.165) is 16.5 Å². The van der Waals surface area contributed by atoms with Gasteiger partial charge in [-0.2, -0.15) is 0 Å². The molecule has 0 bridgehead atoms. The molecule has 2 aromatic rings. The highest BCUT2D eigenvalue weighted by Crippen LogP contribution is 2.22. The van der Waals surface area contributed by atoms with E-state index in [1.54, 1.807) is 4.90 Å². The number of β-amino-alcohol motifs (C(OH)–C–C–N with tert-alkyl or cyclic N) is 1. The number of aliphatic hydroxyl groups excluding tert-OH is 1. The predicted octanol–water partition coefficient (Wildman–Crippen LogP) is 1.39. The van der Waals surface area contributed by atoms with Gasteiger partial charge in [0.15, 0.2) is 0 Å². The number of nitrogens with zero attached hydrogens (tertiary/aromatic N) is 2. The fourth-order valence-electron chi connectivity index (χ4n) is 2.59. The van der Waals surface area contributed by atoms with Gasteiger partial charge in [-0.05, 0) is 24.6 Å². The molecule has 1 aromatic heterocycles. The van der Waals surface area contributed by atoms with Crippen LogP contribution in [0.15, 0.2) is 30.5 Å². The minimum atomic E-state index is -0.371. The maximum atomic E-state index is 12.4. The summed E-state index contributed by atoms with van der Waals surface area (Å²) in [6.45, 7) is 1.09. The molecule has 2 heterocycles. The lowest BCUT2D eigenvalue weighted by molar-refractivity contribution is 0.0767. The number of amides is 1. The average molecular weight is 244 g/mol. The van der Waals surface area contributed by atoms with Gasteiger partial charge in [0.25, 0.3) is 5.91 Å². The second-order valence-electron chi connectivity index (χ2n) is 4.86. The molecule has 1 amide bonds. The molecule has 1 fully saturated rings. The third kappa shape index (κ3) is 1.69. The number of rotatable bonds is 1. The van der Waals surface area contributed by atoms with Gasteiger partial charge in [-0.1, -0.05) is 6.07 Å². The molecular weight excluding hydrogens is 228 g/mol. The summed E-state index contributed by atoms with van der Waals surface area (Å²) in [5, 5.41) is 10.5. The van der Waals surface area contributed by atoms with Crippen LogP contribution in [-0.4, -0.2) is 39.7 Å². The molecular formula is C14H16N2O2. The number of likely N-dealkylation sites (tertiary alicyclic amines) is 1. The minimum Gasteiger partial charge on any atom is -0.391 e. The van der Waals surface area contributed by atoms with E-state index in [1.807, 2.05) is 42.1 Å². The number of hydrogen-bond acceptors (Lipinski definition) is 2. The third-order valence-electron chi connectivity index (χ3n) is 3.61. The molecule has 0 radical (unpaired) electrons. The van der Waals surface area contributed by atoms with Crippen LogP contribution in [0.5, 0.6) is 0 Å². The van der Waals surface area contributed by atoms with Crippen molar-refractivity contribution in [1.82, 2.24) is 9.47 Å². The van der Waals surface area contributed by atoms with Gasteiger partial charge in [0, 0.05) is 42.8 Å². The number of aliphatic hydroxyl groups is 1. The van der Waals surface area contributed by atoms with Crippen LogP contribution in [0.25, 0.3) is 10.9 Å². The van der Waals surface area contributed by atoms with Crippen molar-refractivity contribution in [2.24, 2.45) is 7.05 Å². The number of fused-ring (bicyclic) bond motifs is 1. The topological polar surface area (TPSA) is 45.5 Å². The van der Waals surface area contributed by atoms with Crippen LogP contribution in [0, 0.1) is 0 Å². The normalized spacial score (nSPS) is 19.7. The Hall–Kier alpha value is -1.81. The molecule has 4 nitrogen and oxygen atoms in total. The molecule has 0 saturated carbocycles. The second-order valence-corrected chi connectivity index (χ2v) is 4.86. The third-order valence-corrected chi connectivity index (χ3v) is 3.61. The van der Waals surface area contributed by atoms with E-state index in [-0.39, 0.29) is 12.0 Å². The van der Waals surface area contributed by atoms with Gasteiger partial charge >= 0.3 is 0 Å². The molecule has 1 aromatic carbocycles. The maximum absolute atomic E-state index is 12.4. The van der Waals surface area contributed by atoms with E-state index in [4.69, 9.17) is 0 Å². The van der Waals surface area contributed by atoms with E-state index >= 15 is 0 Å².